The molecule has 0 radical (unpaired) electrons. The van der Waals surface area contributed by atoms with Crippen LogP contribution in [0, 0.1) is 5.92 Å². The fourth-order valence-electron chi connectivity index (χ4n) is 1.65. The Labute approximate surface area is 140 Å². The first-order chi connectivity index (χ1) is 10.3. The topological polar surface area (TPSA) is 82.3 Å². The summed E-state index contributed by atoms with van der Waals surface area (Å²) in [6.07, 6.45) is 0. The molecule has 1 rings (SSSR count). The second kappa shape index (κ2) is 8.55. The van der Waals surface area contributed by atoms with Crippen LogP contribution < -0.4 is 21.5 Å². The molecular formula is C14H19ClN4O2S. The monoisotopic (exact) mass is 342 g/mol. The first kappa shape index (κ1) is 18.2. The molecule has 2 amide bonds. The third-order valence-corrected chi connectivity index (χ3v) is 3.17. The molecule has 0 spiro atoms. The second-order valence-corrected chi connectivity index (χ2v) is 5.84. The molecule has 1 aromatic rings. The summed E-state index contributed by atoms with van der Waals surface area (Å²) in [7, 11) is 0. The Bertz CT molecular complexity index is 548. The maximum atomic E-state index is 12.0. The highest BCUT2D eigenvalue weighted by atomic mass is 35.5. The molecule has 0 bridgehead atoms. The Hall–Kier alpha value is -1.86. The SMILES string of the molecule is CC(=O)N[C@H](C(=O)NNC(=S)Nc1ccc(Cl)cc1)C(C)C. The van der Waals surface area contributed by atoms with Gasteiger partial charge in [-0.2, -0.15) is 0 Å². The highest BCUT2D eigenvalue weighted by Crippen LogP contribution is 2.13. The summed E-state index contributed by atoms with van der Waals surface area (Å²) < 4.78 is 0. The number of carbonyl (C=O) groups excluding carboxylic acids is 2. The predicted molar refractivity (Wildman–Crippen MR) is 91.4 cm³/mol. The van der Waals surface area contributed by atoms with Crippen molar-refractivity contribution < 1.29 is 9.59 Å². The van der Waals surface area contributed by atoms with Crippen molar-refractivity contribution in [3.8, 4) is 0 Å². The van der Waals surface area contributed by atoms with E-state index in [0.29, 0.717) is 5.02 Å². The fourth-order valence-corrected chi connectivity index (χ4v) is 1.94. The normalized spacial score (nSPS) is 11.5. The van der Waals surface area contributed by atoms with Gasteiger partial charge < -0.3 is 10.6 Å². The average Bonchev–Trinajstić information content (AvgIpc) is 2.44. The van der Waals surface area contributed by atoms with Gasteiger partial charge in [0, 0.05) is 17.6 Å². The molecule has 0 fully saturated rings. The molecule has 6 nitrogen and oxygen atoms in total. The number of rotatable bonds is 4. The van der Waals surface area contributed by atoms with Gasteiger partial charge in [0.15, 0.2) is 5.11 Å². The third kappa shape index (κ3) is 6.28. The zero-order valence-corrected chi connectivity index (χ0v) is 14.1. The number of thiocarbonyl (C=S) groups is 1. The van der Waals surface area contributed by atoms with Gasteiger partial charge in [0.05, 0.1) is 0 Å². The molecule has 0 aliphatic rings. The minimum absolute atomic E-state index is 0.0523. The van der Waals surface area contributed by atoms with Gasteiger partial charge >= 0.3 is 0 Å². The van der Waals surface area contributed by atoms with E-state index in [1.807, 2.05) is 13.8 Å². The highest BCUT2D eigenvalue weighted by molar-refractivity contribution is 7.80. The van der Waals surface area contributed by atoms with Crippen LogP contribution in [0.25, 0.3) is 0 Å². The van der Waals surface area contributed by atoms with Crippen LogP contribution >= 0.6 is 23.8 Å². The Balaban J connectivity index is 2.49. The Kier molecular flexibility index (Phi) is 7.07. The smallest absolute Gasteiger partial charge is 0.261 e. The first-order valence-electron chi connectivity index (χ1n) is 6.69. The number of nitrogens with one attached hydrogen (secondary N) is 4. The molecule has 4 N–H and O–H groups in total. The molecule has 0 saturated carbocycles. The molecule has 0 saturated heterocycles. The minimum atomic E-state index is -0.636. The van der Waals surface area contributed by atoms with Crippen LogP contribution in [0.15, 0.2) is 24.3 Å². The summed E-state index contributed by atoms with van der Waals surface area (Å²) in [6, 6.07) is 6.31. The molecule has 0 heterocycles. The van der Waals surface area contributed by atoms with Gasteiger partial charge in [0.2, 0.25) is 5.91 Å². The average molecular weight is 343 g/mol. The van der Waals surface area contributed by atoms with Crippen molar-refractivity contribution in [2.45, 2.75) is 26.8 Å². The zero-order valence-electron chi connectivity index (χ0n) is 12.6. The van der Waals surface area contributed by atoms with E-state index in [0.717, 1.165) is 5.69 Å². The Morgan fingerprint density at radius 2 is 1.73 bits per heavy atom. The largest absolute Gasteiger partial charge is 0.344 e. The maximum absolute atomic E-state index is 12.0. The lowest BCUT2D eigenvalue weighted by atomic mass is 10.0. The van der Waals surface area contributed by atoms with Crippen molar-refractivity contribution in [2.75, 3.05) is 5.32 Å². The number of hydrazine groups is 1. The van der Waals surface area contributed by atoms with Gasteiger partial charge in [-0.05, 0) is 42.4 Å². The van der Waals surface area contributed by atoms with Crippen molar-refractivity contribution >= 4 is 46.4 Å². The summed E-state index contributed by atoms with van der Waals surface area (Å²) in [5.41, 5.74) is 5.79. The van der Waals surface area contributed by atoms with Gasteiger partial charge in [-0.3, -0.25) is 20.4 Å². The van der Waals surface area contributed by atoms with Crippen molar-refractivity contribution in [3.05, 3.63) is 29.3 Å². The van der Waals surface area contributed by atoms with Gasteiger partial charge in [0.25, 0.3) is 5.91 Å². The van der Waals surface area contributed by atoms with E-state index < -0.39 is 6.04 Å². The molecule has 1 aromatic carbocycles. The lowest BCUT2D eigenvalue weighted by Gasteiger charge is -2.21. The van der Waals surface area contributed by atoms with Gasteiger partial charge in [0.1, 0.15) is 6.04 Å². The maximum Gasteiger partial charge on any atom is 0.261 e. The van der Waals surface area contributed by atoms with Crippen LogP contribution in [0.5, 0.6) is 0 Å². The van der Waals surface area contributed by atoms with E-state index in [4.69, 9.17) is 23.8 Å². The van der Waals surface area contributed by atoms with Crippen LogP contribution in [0.1, 0.15) is 20.8 Å². The molecule has 0 aromatic heterocycles. The number of amides is 2. The van der Waals surface area contributed by atoms with Gasteiger partial charge in [-0.15, -0.1) is 0 Å². The van der Waals surface area contributed by atoms with Crippen LogP contribution in [0.3, 0.4) is 0 Å². The number of halogens is 1. The molecule has 0 unspecified atom stereocenters. The van der Waals surface area contributed by atoms with Gasteiger partial charge in [-0.1, -0.05) is 25.4 Å². The predicted octanol–water partition coefficient (Wildman–Crippen LogP) is 1.82. The quantitative estimate of drug-likeness (QED) is 0.495. The minimum Gasteiger partial charge on any atom is -0.344 e. The van der Waals surface area contributed by atoms with E-state index in [-0.39, 0.29) is 22.8 Å². The Morgan fingerprint density at radius 1 is 1.14 bits per heavy atom. The molecule has 8 heteroatoms. The van der Waals surface area contributed by atoms with Crippen molar-refractivity contribution in [1.82, 2.24) is 16.2 Å². The number of hydrogen-bond acceptors (Lipinski definition) is 3. The van der Waals surface area contributed by atoms with E-state index in [1.54, 1.807) is 24.3 Å². The number of hydrogen-bond donors (Lipinski definition) is 4. The first-order valence-corrected chi connectivity index (χ1v) is 7.47. The number of benzene rings is 1. The fraction of sp³-hybridized carbons (Fsp3) is 0.357. The van der Waals surface area contributed by atoms with E-state index in [9.17, 15) is 9.59 Å². The number of carbonyl (C=O) groups is 2. The molecular weight excluding hydrogens is 324 g/mol. The molecule has 0 aliphatic carbocycles. The van der Waals surface area contributed by atoms with E-state index in [2.05, 4.69) is 21.5 Å². The lowest BCUT2D eigenvalue weighted by molar-refractivity contribution is -0.129. The zero-order chi connectivity index (χ0) is 16.7. The standard InChI is InChI=1S/C14H19ClN4O2S/c1-8(2)12(16-9(3)20)13(21)18-19-14(22)17-11-6-4-10(15)5-7-11/h4-8,12H,1-3H3,(H,16,20)(H,18,21)(H2,17,19,22)/t12-/m0/s1. The van der Waals surface area contributed by atoms with E-state index in [1.165, 1.54) is 6.92 Å². The summed E-state index contributed by atoms with van der Waals surface area (Å²) in [4.78, 5) is 23.1. The Morgan fingerprint density at radius 3 is 2.23 bits per heavy atom. The van der Waals surface area contributed by atoms with Crippen molar-refractivity contribution in [1.29, 1.82) is 0 Å². The van der Waals surface area contributed by atoms with Crippen molar-refractivity contribution in [2.24, 2.45) is 5.92 Å². The van der Waals surface area contributed by atoms with E-state index >= 15 is 0 Å². The summed E-state index contributed by atoms with van der Waals surface area (Å²) in [6.45, 7) is 5.04. The second-order valence-electron chi connectivity index (χ2n) is 5.00. The molecule has 1 atom stereocenters. The highest BCUT2D eigenvalue weighted by Gasteiger charge is 2.22. The summed E-state index contributed by atoms with van der Waals surface area (Å²) in [5, 5.41) is 6.32. The van der Waals surface area contributed by atoms with Gasteiger partial charge in [-0.25, -0.2) is 0 Å². The molecule has 120 valence electrons. The molecule has 0 aliphatic heterocycles. The lowest BCUT2D eigenvalue weighted by Crippen LogP contribution is -2.54. The van der Waals surface area contributed by atoms with Crippen molar-refractivity contribution in [3.63, 3.8) is 0 Å². The number of anilines is 1. The van der Waals surface area contributed by atoms with Crippen LogP contribution in [0.4, 0.5) is 5.69 Å². The van der Waals surface area contributed by atoms with Crippen LogP contribution in [-0.2, 0) is 9.59 Å². The third-order valence-electron chi connectivity index (χ3n) is 2.71. The summed E-state index contributed by atoms with van der Waals surface area (Å²) >= 11 is 10.9. The summed E-state index contributed by atoms with van der Waals surface area (Å²) in [5.74, 6) is -0.690. The van der Waals surface area contributed by atoms with Crippen LogP contribution in [0.2, 0.25) is 5.02 Å². The molecule has 22 heavy (non-hydrogen) atoms. The van der Waals surface area contributed by atoms with Crippen LogP contribution in [-0.4, -0.2) is 23.0 Å².